The van der Waals surface area contributed by atoms with Crippen LogP contribution in [0.3, 0.4) is 0 Å². The average molecular weight is 245 g/mol. The molecule has 1 heterocycles. The van der Waals surface area contributed by atoms with E-state index in [1.807, 2.05) is 31.2 Å². The Bertz CT molecular complexity index is 576. The first-order valence-electron chi connectivity index (χ1n) is 5.49. The highest BCUT2D eigenvalue weighted by molar-refractivity contribution is 5.98. The number of benzene rings is 1. The van der Waals surface area contributed by atoms with Crippen molar-refractivity contribution in [2.45, 2.75) is 6.92 Å². The van der Waals surface area contributed by atoms with Crippen molar-refractivity contribution in [2.24, 2.45) is 7.05 Å². The Morgan fingerprint density at radius 3 is 2.72 bits per heavy atom. The molecule has 0 radical (unpaired) electrons. The standard InChI is InChI=1S/C12H15N5O/c1-8-5-3-4-6-10(8)15-16-12(18)9-7-14-17(2)11(9)13/h3-7,15H,13H2,1-2H3,(H,16,18). The number of hydrazine groups is 1. The van der Waals surface area contributed by atoms with E-state index in [-0.39, 0.29) is 5.91 Å². The van der Waals surface area contributed by atoms with Crippen LogP contribution >= 0.6 is 0 Å². The molecule has 6 heteroatoms. The van der Waals surface area contributed by atoms with Crippen molar-refractivity contribution < 1.29 is 4.79 Å². The third-order valence-electron chi connectivity index (χ3n) is 2.69. The Balaban J connectivity index is 2.05. The van der Waals surface area contributed by atoms with Crippen molar-refractivity contribution in [3.05, 3.63) is 41.6 Å². The molecule has 0 aliphatic heterocycles. The van der Waals surface area contributed by atoms with Gasteiger partial charge in [-0.15, -0.1) is 0 Å². The van der Waals surface area contributed by atoms with Crippen LogP contribution in [0.2, 0.25) is 0 Å². The smallest absolute Gasteiger partial charge is 0.274 e. The van der Waals surface area contributed by atoms with Crippen LogP contribution < -0.4 is 16.6 Å². The highest BCUT2D eigenvalue weighted by Gasteiger charge is 2.13. The Labute approximate surface area is 105 Å². The molecule has 0 fully saturated rings. The van der Waals surface area contributed by atoms with Gasteiger partial charge < -0.3 is 5.73 Å². The molecule has 0 saturated carbocycles. The van der Waals surface area contributed by atoms with E-state index in [1.54, 1.807) is 7.05 Å². The van der Waals surface area contributed by atoms with Crippen LogP contribution in [-0.2, 0) is 7.05 Å². The highest BCUT2D eigenvalue weighted by atomic mass is 16.2. The van der Waals surface area contributed by atoms with Gasteiger partial charge in [0.15, 0.2) is 0 Å². The van der Waals surface area contributed by atoms with Crippen LogP contribution in [0.4, 0.5) is 11.5 Å². The fraction of sp³-hybridized carbons (Fsp3) is 0.167. The predicted molar refractivity (Wildman–Crippen MR) is 69.9 cm³/mol. The maximum Gasteiger partial charge on any atom is 0.274 e. The molecule has 0 bridgehead atoms. The number of nitrogen functional groups attached to an aromatic ring is 1. The van der Waals surface area contributed by atoms with E-state index in [1.165, 1.54) is 10.9 Å². The fourth-order valence-electron chi connectivity index (χ4n) is 1.53. The molecule has 94 valence electrons. The minimum Gasteiger partial charge on any atom is -0.383 e. The topological polar surface area (TPSA) is 85.0 Å². The quantitative estimate of drug-likeness (QED) is 0.706. The van der Waals surface area contributed by atoms with Crippen LogP contribution in [0.1, 0.15) is 15.9 Å². The zero-order valence-electron chi connectivity index (χ0n) is 10.3. The van der Waals surface area contributed by atoms with Crippen molar-refractivity contribution in [3.63, 3.8) is 0 Å². The second kappa shape index (κ2) is 4.79. The molecule has 6 nitrogen and oxygen atoms in total. The number of nitrogens with zero attached hydrogens (tertiary/aromatic N) is 2. The van der Waals surface area contributed by atoms with Crippen molar-refractivity contribution >= 4 is 17.4 Å². The zero-order chi connectivity index (χ0) is 13.1. The van der Waals surface area contributed by atoms with Gasteiger partial charge in [0.05, 0.1) is 11.9 Å². The predicted octanol–water partition coefficient (Wildman–Crippen LogP) is 1.07. The Hall–Kier alpha value is -2.50. The van der Waals surface area contributed by atoms with E-state index < -0.39 is 0 Å². The minimum absolute atomic E-state index is 0.316. The second-order valence-electron chi connectivity index (χ2n) is 3.96. The normalized spacial score (nSPS) is 10.1. The summed E-state index contributed by atoms with van der Waals surface area (Å²) in [6, 6.07) is 7.65. The van der Waals surface area contributed by atoms with Crippen LogP contribution in [0.25, 0.3) is 0 Å². The number of rotatable bonds is 3. The number of nitrogens with two attached hydrogens (primary N) is 1. The van der Waals surface area contributed by atoms with E-state index in [4.69, 9.17) is 5.73 Å². The summed E-state index contributed by atoms with van der Waals surface area (Å²) in [6.07, 6.45) is 1.43. The summed E-state index contributed by atoms with van der Waals surface area (Å²) in [7, 11) is 1.68. The molecule has 2 rings (SSSR count). The number of carbonyl (C=O) groups is 1. The van der Waals surface area contributed by atoms with E-state index in [9.17, 15) is 4.79 Å². The van der Waals surface area contributed by atoms with Gasteiger partial charge in [-0.25, -0.2) is 0 Å². The summed E-state index contributed by atoms with van der Waals surface area (Å²) in [5, 5.41) is 3.91. The van der Waals surface area contributed by atoms with Gasteiger partial charge in [0, 0.05) is 7.05 Å². The van der Waals surface area contributed by atoms with Crippen molar-refractivity contribution in [1.29, 1.82) is 0 Å². The summed E-state index contributed by atoms with van der Waals surface area (Å²) in [4.78, 5) is 11.9. The average Bonchev–Trinajstić information content (AvgIpc) is 2.69. The highest BCUT2D eigenvalue weighted by Crippen LogP contribution is 2.13. The Morgan fingerprint density at radius 2 is 2.11 bits per heavy atom. The molecule has 1 aromatic carbocycles. The lowest BCUT2D eigenvalue weighted by molar-refractivity contribution is 0.0963. The van der Waals surface area contributed by atoms with Gasteiger partial charge in [-0.2, -0.15) is 5.10 Å². The number of hydrogen-bond acceptors (Lipinski definition) is 4. The van der Waals surface area contributed by atoms with E-state index >= 15 is 0 Å². The molecule has 0 unspecified atom stereocenters. The second-order valence-corrected chi connectivity index (χ2v) is 3.96. The summed E-state index contributed by atoms with van der Waals surface area (Å²) in [6.45, 7) is 1.95. The lowest BCUT2D eigenvalue weighted by Crippen LogP contribution is -2.30. The van der Waals surface area contributed by atoms with Gasteiger partial charge in [-0.1, -0.05) is 18.2 Å². The zero-order valence-corrected chi connectivity index (χ0v) is 10.3. The van der Waals surface area contributed by atoms with Crippen LogP contribution in [0.15, 0.2) is 30.5 Å². The number of amides is 1. The first-order chi connectivity index (χ1) is 8.59. The minimum atomic E-state index is -0.316. The van der Waals surface area contributed by atoms with Gasteiger partial charge in [-0.3, -0.25) is 20.3 Å². The fourth-order valence-corrected chi connectivity index (χ4v) is 1.53. The molecular formula is C12H15N5O. The Morgan fingerprint density at radius 1 is 1.39 bits per heavy atom. The molecule has 1 aromatic heterocycles. The molecule has 0 aliphatic rings. The van der Waals surface area contributed by atoms with Gasteiger partial charge in [0.1, 0.15) is 11.4 Å². The number of nitrogens with one attached hydrogen (secondary N) is 2. The first-order valence-corrected chi connectivity index (χ1v) is 5.49. The molecule has 4 N–H and O–H groups in total. The first kappa shape index (κ1) is 12.0. The molecule has 0 spiro atoms. The number of aromatic nitrogens is 2. The number of anilines is 2. The van der Waals surface area contributed by atoms with E-state index in [0.717, 1.165) is 11.3 Å². The lowest BCUT2D eigenvalue weighted by Gasteiger charge is -2.10. The largest absolute Gasteiger partial charge is 0.383 e. The number of aryl methyl sites for hydroxylation is 2. The van der Waals surface area contributed by atoms with Gasteiger partial charge in [0.2, 0.25) is 0 Å². The van der Waals surface area contributed by atoms with E-state index in [0.29, 0.717) is 11.4 Å². The van der Waals surface area contributed by atoms with Crippen LogP contribution in [-0.4, -0.2) is 15.7 Å². The number of hydrogen-bond donors (Lipinski definition) is 3. The third kappa shape index (κ3) is 2.27. The van der Waals surface area contributed by atoms with E-state index in [2.05, 4.69) is 16.0 Å². The molecule has 0 atom stereocenters. The van der Waals surface area contributed by atoms with Crippen LogP contribution in [0, 0.1) is 6.92 Å². The van der Waals surface area contributed by atoms with Gasteiger partial charge in [0.25, 0.3) is 5.91 Å². The maximum absolute atomic E-state index is 11.9. The van der Waals surface area contributed by atoms with Gasteiger partial charge in [-0.05, 0) is 18.6 Å². The summed E-state index contributed by atoms with van der Waals surface area (Å²) < 4.78 is 1.45. The monoisotopic (exact) mass is 245 g/mol. The summed E-state index contributed by atoms with van der Waals surface area (Å²) in [5.74, 6) is 0.0166. The lowest BCUT2D eigenvalue weighted by atomic mass is 10.2. The summed E-state index contributed by atoms with van der Waals surface area (Å²) in [5.41, 5.74) is 13.4. The molecule has 1 amide bonds. The number of para-hydroxylation sites is 1. The van der Waals surface area contributed by atoms with Crippen molar-refractivity contribution in [1.82, 2.24) is 15.2 Å². The third-order valence-corrected chi connectivity index (χ3v) is 2.69. The molecular weight excluding hydrogens is 230 g/mol. The van der Waals surface area contributed by atoms with Crippen molar-refractivity contribution in [3.8, 4) is 0 Å². The molecule has 0 aliphatic carbocycles. The molecule has 2 aromatic rings. The molecule has 18 heavy (non-hydrogen) atoms. The Kier molecular flexibility index (Phi) is 3.18. The summed E-state index contributed by atoms with van der Waals surface area (Å²) >= 11 is 0. The SMILES string of the molecule is Cc1ccccc1NNC(=O)c1cnn(C)c1N. The number of carbonyl (C=O) groups excluding carboxylic acids is 1. The molecule has 0 saturated heterocycles. The van der Waals surface area contributed by atoms with Crippen LogP contribution in [0.5, 0.6) is 0 Å². The maximum atomic E-state index is 11.9. The van der Waals surface area contributed by atoms with Crippen molar-refractivity contribution in [2.75, 3.05) is 11.2 Å². The van der Waals surface area contributed by atoms with Gasteiger partial charge >= 0.3 is 0 Å².